The molecule has 0 fully saturated rings. The molecule has 0 aromatic heterocycles. The van der Waals surface area contributed by atoms with E-state index in [1.54, 1.807) is 6.92 Å². The van der Waals surface area contributed by atoms with Crippen LogP contribution in [0.2, 0.25) is 0 Å². The van der Waals surface area contributed by atoms with Gasteiger partial charge in [0.1, 0.15) is 0 Å². The van der Waals surface area contributed by atoms with Crippen LogP contribution in [0.25, 0.3) is 0 Å². The molecule has 12 heavy (non-hydrogen) atoms. The Balaban J connectivity index is 4.91. The molecule has 3 nitrogen and oxygen atoms in total. The smallest absolute Gasteiger partial charge is 0.338 e. The van der Waals surface area contributed by atoms with Gasteiger partial charge in [0.15, 0.2) is 0 Å². The van der Waals surface area contributed by atoms with Gasteiger partial charge in [-0.15, -0.1) is 0 Å². The molecule has 0 aliphatic carbocycles. The van der Waals surface area contributed by atoms with Gasteiger partial charge in [0.05, 0.1) is 5.57 Å². The summed E-state index contributed by atoms with van der Waals surface area (Å²) >= 11 is 4.88. The minimum absolute atomic E-state index is 0.106. The molecule has 0 saturated heterocycles. The lowest BCUT2D eigenvalue weighted by Crippen LogP contribution is -2.16. The Hall–Kier alpha value is -0.900. The van der Waals surface area contributed by atoms with Crippen molar-refractivity contribution in [1.29, 1.82) is 0 Å². The average molecular weight is 187 g/mol. The fraction of sp³-hybridized carbons (Fsp3) is 0.500. The van der Waals surface area contributed by atoms with Gasteiger partial charge < -0.3 is 10.8 Å². The third-order valence-corrected chi connectivity index (χ3v) is 2.01. The van der Waals surface area contributed by atoms with Crippen LogP contribution in [0.5, 0.6) is 0 Å². The Kier molecular flexibility index (Phi) is 4.51. The first-order valence-corrected chi connectivity index (χ1v) is 4.20. The first-order chi connectivity index (χ1) is 5.54. The van der Waals surface area contributed by atoms with E-state index in [0.29, 0.717) is 23.4 Å². The molecule has 0 radical (unpaired) electrons. The van der Waals surface area contributed by atoms with E-state index in [1.807, 2.05) is 6.92 Å². The molecule has 0 atom stereocenters. The summed E-state index contributed by atoms with van der Waals surface area (Å²) in [6.45, 7) is 3.62. The van der Waals surface area contributed by atoms with Crippen LogP contribution in [-0.4, -0.2) is 15.9 Å². The lowest BCUT2D eigenvalue weighted by molar-refractivity contribution is -0.132. The molecular formula is C8H13NO2S. The van der Waals surface area contributed by atoms with Gasteiger partial charge in [-0.25, -0.2) is 4.79 Å². The van der Waals surface area contributed by atoms with E-state index in [4.69, 9.17) is 23.1 Å². The van der Waals surface area contributed by atoms with Gasteiger partial charge in [0.25, 0.3) is 0 Å². The van der Waals surface area contributed by atoms with Crippen LogP contribution < -0.4 is 5.73 Å². The molecule has 0 aliphatic rings. The van der Waals surface area contributed by atoms with Gasteiger partial charge in [-0.3, -0.25) is 0 Å². The van der Waals surface area contributed by atoms with Crippen LogP contribution in [0.3, 0.4) is 0 Å². The van der Waals surface area contributed by atoms with E-state index in [2.05, 4.69) is 0 Å². The van der Waals surface area contributed by atoms with Crippen LogP contribution in [0.15, 0.2) is 11.3 Å². The lowest BCUT2D eigenvalue weighted by Gasteiger charge is -2.05. The molecule has 0 amide bonds. The number of thiocarbonyl (C=S) groups is 1. The topological polar surface area (TPSA) is 63.3 Å². The minimum Gasteiger partial charge on any atom is -0.478 e. The summed E-state index contributed by atoms with van der Waals surface area (Å²) in [7, 11) is 0. The van der Waals surface area contributed by atoms with Gasteiger partial charge in [-0.1, -0.05) is 26.1 Å². The number of hydrogen-bond acceptors (Lipinski definition) is 3. The van der Waals surface area contributed by atoms with E-state index in [0.717, 1.165) is 0 Å². The number of carboxylic acid groups (broad SMARTS) is 1. The fourth-order valence-electron chi connectivity index (χ4n) is 0.789. The quantitative estimate of drug-likeness (QED) is 0.517. The SMILES string of the molecule is CCC(=S)/C(C(=O)O)=C(/N)CC. The largest absolute Gasteiger partial charge is 0.478 e. The average Bonchev–Trinajstić information content (AvgIpc) is 2.03. The lowest BCUT2D eigenvalue weighted by atomic mass is 10.1. The van der Waals surface area contributed by atoms with Crippen molar-refractivity contribution < 1.29 is 9.90 Å². The molecule has 3 N–H and O–H groups in total. The Morgan fingerprint density at radius 1 is 1.42 bits per heavy atom. The van der Waals surface area contributed by atoms with Crippen molar-refractivity contribution in [3.05, 3.63) is 11.3 Å². The van der Waals surface area contributed by atoms with Crippen molar-refractivity contribution in [3.8, 4) is 0 Å². The number of allylic oxidation sites excluding steroid dienone is 1. The van der Waals surface area contributed by atoms with Crippen molar-refractivity contribution in [1.82, 2.24) is 0 Å². The Bertz CT molecular complexity index is 233. The normalized spacial score (nSPS) is 12.2. The molecule has 0 saturated carbocycles. The molecule has 0 spiro atoms. The van der Waals surface area contributed by atoms with Gasteiger partial charge in [-0.2, -0.15) is 0 Å². The highest BCUT2D eigenvalue weighted by molar-refractivity contribution is 7.81. The summed E-state index contributed by atoms with van der Waals surface area (Å²) in [6, 6.07) is 0. The number of carboxylic acids is 1. The minimum atomic E-state index is -1.03. The first kappa shape index (κ1) is 11.1. The molecule has 0 bridgehead atoms. The first-order valence-electron chi connectivity index (χ1n) is 3.79. The van der Waals surface area contributed by atoms with Gasteiger partial charge in [0.2, 0.25) is 0 Å². The van der Waals surface area contributed by atoms with Crippen molar-refractivity contribution in [2.24, 2.45) is 5.73 Å². The Labute approximate surface area is 77.3 Å². The molecule has 0 aromatic carbocycles. The van der Waals surface area contributed by atoms with Crippen LogP contribution in [0.1, 0.15) is 26.7 Å². The molecule has 68 valence electrons. The standard InChI is InChI=1S/C8H13NO2S/c1-3-5(9)7(8(10)11)6(12)4-2/h3-4,9H2,1-2H3,(H,10,11)/b7-5-. The summed E-state index contributed by atoms with van der Waals surface area (Å²) in [6.07, 6.45) is 1.05. The van der Waals surface area contributed by atoms with Gasteiger partial charge in [0, 0.05) is 10.6 Å². The van der Waals surface area contributed by atoms with Gasteiger partial charge in [-0.05, 0) is 12.8 Å². The predicted octanol–water partition coefficient (Wildman–Crippen LogP) is 1.47. The maximum absolute atomic E-state index is 10.7. The second-order valence-electron chi connectivity index (χ2n) is 2.34. The molecule has 4 heteroatoms. The van der Waals surface area contributed by atoms with Crippen LogP contribution in [0, 0.1) is 0 Å². The maximum Gasteiger partial charge on any atom is 0.338 e. The summed E-state index contributed by atoms with van der Waals surface area (Å²) in [5.41, 5.74) is 5.97. The van der Waals surface area contributed by atoms with Crippen LogP contribution >= 0.6 is 12.2 Å². The van der Waals surface area contributed by atoms with E-state index in [9.17, 15) is 4.79 Å². The maximum atomic E-state index is 10.7. The van der Waals surface area contributed by atoms with Crippen LogP contribution in [-0.2, 0) is 4.79 Å². The number of rotatable bonds is 4. The molecule has 0 unspecified atom stereocenters. The number of carbonyl (C=O) groups is 1. The van der Waals surface area contributed by atoms with Crippen molar-refractivity contribution in [3.63, 3.8) is 0 Å². The zero-order valence-electron chi connectivity index (χ0n) is 7.26. The van der Waals surface area contributed by atoms with Crippen LogP contribution in [0.4, 0.5) is 0 Å². The Morgan fingerprint density at radius 2 is 1.92 bits per heavy atom. The fourth-order valence-corrected chi connectivity index (χ4v) is 1.01. The second-order valence-corrected chi connectivity index (χ2v) is 2.83. The summed E-state index contributed by atoms with van der Waals surface area (Å²) in [5.74, 6) is -1.03. The van der Waals surface area contributed by atoms with Crippen molar-refractivity contribution in [2.75, 3.05) is 0 Å². The highest BCUT2D eigenvalue weighted by Crippen LogP contribution is 2.08. The Morgan fingerprint density at radius 3 is 2.17 bits per heavy atom. The zero-order chi connectivity index (χ0) is 9.72. The highest BCUT2D eigenvalue weighted by atomic mass is 32.1. The highest BCUT2D eigenvalue weighted by Gasteiger charge is 2.14. The second kappa shape index (κ2) is 4.87. The third kappa shape index (κ3) is 2.62. The van der Waals surface area contributed by atoms with Gasteiger partial charge >= 0.3 is 5.97 Å². The number of aliphatic carboxylic acids is 1. The summed E-state index contributed by atoms with van der Waals surface area (Å²) in [5, 5.41) is 8.75. The van der Waals surface area contributed by atoms with E-state index in [1.165, 1.54) is 0 Å². The number of hydrogen-bond donors (Lipinski definition) is 2. The molecular weight excluding hydrogens is 174 g/mol. The van der Waals surface area contributed by atoms with E-state index in [-0.39, 0.29) is 5.57 Å². The molecule has 0 aliphatic heterocycles. The molecule has 0 rings (SSSR count). The van der Waals surface area contributed by atoms with Crippen molar-refractivity contribution in [2.45, 2.75) is 26.7 Å². The monoisotopic (exact) mass is 187 g/mol. The van der Waals surface area contributed by atoms with E-state index >= 15 is 0 Å². The van der Waals surface area contributed by atoms with Crippen molar-refractivity contribution >= 4 is 23.1 Å². The molecule has 0 heterocycles. The predicted molar refractivity (Wildman–Crippen MR) is 52.0 cm³/mol. The summed E-state index contributed by atoms with van der Waals surface area (Å²) < 4.78 is 0. The number of nitrogens with two attached hydrogens (primary N) is 1. The summed E-state index contributed by atoms with van der Waals surface area (Å²) in [4.78, 5) is 11.1. The zero-order valence-corrected chi connectivity index (χ0v) is 8.07. The molecule has 0 aromatic rings. The van der Waals surface area contributed by atoms with E-state index < -0.39 is 5.97 Å². The third-order valence-electron chi connectivity index (χ3n) is 1.52.